The summed E-state index contributed by atoms with van der Waals surface area (Å²) in [6.07, 6.45) is 0. The second-order valence-electron chi connectivity index (χ2n) is 4.13. The maximum atomic E-state index is 12.0. The smallest absolute Gasteiger partial charge is 0.327 e. The standard InChI is InChI=1S/C12H12N4O4/c1-7-3-5-9(6-4-7)14-12(18)10-11(13-8(2)17)15-20-16(10)19/h3-6H,1-2H3,(H,14,18)(H,13,15,17). The number of benzene rings is 1. The number of nitrogens with zero attached hydrogens (tertiary/aromatic N) is 2. The Bertz CT molecular complexity index is 648. The minimum Gasteiger partial charge on any atom is -0.359 e. The second-order valence-corrected chi connectivity index (χ2v) is 4.13. The van der Waals surface area contributed by atoms with Crippen LogP contribution in [0.15, 0.2) is 28.9 Å². The lowest BCUT2D eigenvalue weighted by atomic mass is 10.2. The minimum absolute atomic E-state index is 0.0607. The van der Waals surface area contributed by atoms with Crippen LogP contribution < -0.4 is 15.5 Å². The first kappa shape index (κ1) is 13.5. The van der Waals surface area contributed by atoms with E-state index in [0.717, 1.165) is 5.56 Å². The van der Waals surface area contributed by atoms with E-state index in [0.29, 0.717) is 5.69 Å². The number of rotatable bonds is 3. The summed E-state index contributed by atoms with van der Waals surface area (Å²) in [5.41, 5.74) is 1.13. The number of hydrogen-bond acceptors (Lipinski definition) is 5. The number of amides is 2. The monoisotopic (exact) mass is 276 g/mol. The third-order valence-corrected chi connectivity index (χ3v) is 2.43. The van der Waals surface area contributed by atoms with Crippen LogP contribution in [0.3, 0.4) is 0 Å². The zero-order valence-corrected chi connectivity index (χ0v) is 10.8. The van der Waals surface area contributed by atoms with Gasteiger partial charge >= 0.3 is 17.4 Å². The number of carbonyl (C=O) groups excluding carboxylic acids is 2. The van der Waals surface area contributed by atoms with Crippen LogP contribution in [-0.4, -0.2) is 17.0 Å². The topological polar surface area (TPSA) is 111 Å². The summed E-state index contributed by atoms with van der Waals surface area (Å²) in [5.74, 6) is -1.42. The predicted molar refractivity (Wildman–Crippen MR) is 68.9 cm³/mol. The van der Waals surface area contributed by atoms with Crippen LogP contribution in [0.1, 0.15) is 23.0 Å². The Morgan fingerprint density at radius 3 is 2.50 bits per heavy atom. The molecule has 0 fully saturated rings. The van der Waals surface area contributed by atoms with Crippen LogP contribution >= 0.6 is 0 Å². The first-order valence-corrected chi connectivity index (χ1v) is 5.72. The Morgan fingerprint density at radius 1 is 1.25 bits per heavy atom. The Hall–Kier alpha value is -2.90. The molecule has 0 spiro atoms. The van der Waals surface area contributed by atoms with E-state index in [-0.39, 0.29) is 10.7 Å². The third kappa shape index (κ3) is 2.91. The SMILES string of the molecule is CC(=O)Nc1no[n+]([O-])c1C(=O)Nc1ccc(C)cc1. The van der Waals surface area contributed by atoms with Gasteiger partial charge in [-0.15, -0.1) is 0 Å². The van der Waals surface area contributed by atoms with Gasteiger partial charge < -0.3 is 10.5 Å². The van der Waals surface area contributed by atoms with Gasteiger partial charge in [-0.1, -0.05) is 17.7 Å². The van der Waals surface area contributed by atoms with Gasteiger partial charge in [0.05, 0.1) is 5.16 Å². The summed E-state index contributed by atoms with van der Waals surface area (Å²) in [6, 6.07) is 6.99. The molecular formula is C12H12N4O4. The molecule has 104 valence electrons. The highest BCUT2D eigenvalue weighted by atomic mass is 16.8. The first-order chi connectivity index (χ1) is 9.47. The quantitative estimate of drug-likeness (QED) is 0.806. The maximum absolute atomic E-state index is 12.0. The molecule has 2 amide bonds. The van der Waals surface area contributed by atoms with Crippen LogP contribution in [0.5, 0.6) is 0 Å². The largest absolute Gasteiger partial charge is 0.359 e. The van der Waals surface area contributed by atoms with Crippen molar-refractivity contribution < 1.29 is 19.1 Å². The number of carbonyl (C=O) groups is 2. The van der Waals surface area contributed by atoms with Crippen LogP contribution in [0.25, 0.3) is 0 Å². The fourth-order valence-electron chi connectivity index (χ4n) is 1.51. The normalized spacial score (nSPS) is 10.1. The van der Waals surface area contributed by atoms with Crippen LogP contribution in [0.4, 0.5) is 11.5 Å². The van der Waals surface area contributed by atoms with E-state index in [4.69, 9.17) is 0 Å². The number of anilines is 2. The number of aromatic nitrogens is 2. The van der Waals surface area contributed by atoms with Crippen molar-refractivity contribution in [2.24, 2.45) is 0 Å². The van der Waals surface area contributed by atoms with Crippen molar-refractivity contribution in [3.63, 3.8) is 0 Å². The summed E-state index contributed by atoms with van der Waals surface area (Å²) < 4.78 is 4.31. The van der Waals surface area contributed by atoms with Gasteiger partial charge in [0.1, 0.15) is 0 Å². The molecule has 1 heterocycles. The zero-order valence-electron chi connectivity index (χ0n) is 10.8. The Balaban J connectivity index is 2.22. The molecule has 0 aliphatic rings. The number of hydrogen-bond donors (Lipinski definition) is 2. The maximum Gasteiger partial charge on any atom is 0.327 e. The van der Waals surface area contributed by atoms with Gasteiger partial charge in [-0.25, -0.2) is 0 Å². The van der Waals surface area contributed by atoms with E-state index < -0.39 is 17.5 Å². The summed E-state index contributed by atoms with van der Waals surface area (Å²) in [4.78, 5) is 22.9. The first-order valence-electron chi connectivity index (χ1n) is 5.72. The Morgan fingerprint density at radius 2 is 1.90 bits per heavy atom. The average Bonchev–Trinajstić information content (AvgIpc) is 2.72. The van der Waals surface area contributed by atoms with Crippen LogP contribution in [-0.2, 0) is 4.79 Å². The van der Waals surface area contributed by atoms with Gasteiger partial charge in [0.25, 0.3) is 0 Å². The van der Waals surface area contributed by atoms with Crippen molar-refractivity contribution in [2.45, 2.75) is 13.8 Å². The molecule has 1 aromatic heterocycles. The van der Waals surface area contributed by atoms with Gasteiger partial charge in [0, 0.05) is 12.6 Å². The molecule has 2 aromatic rings. The van der Waals surface area contributed by atoms with E-state index in [1.54, 1.807) is 12.1 Å². The molecule has 2 rings (SSSR count). The van der Waals surface area contributed by atoms with E-state index in [2.05, 4.69) is 20.4 Å². The van der Waals surface area contributed by atoms with Crippen molar-refractivity contribution in [2.75, 3.05) is 10.6 Å². The van der Waals surface area contributed by atoms with Crippen molar-refractivity contribution in [3.8, 4) is 0 Å². The van der Waals surface area contributed by atoms with Gasteiger partial charge in [-0.05, 0) is 24.0 Å². The van der Waals surface area contributed by atoms with Crippen molar-refractivity contribution >= 4 is 23.3 Å². The zero-order chi connectivity index (χ0) is 14.7. The molecule has 0 atom stereocenters. The number of nitrogens with one attached hydrogen (secondary N) is 2. The molecule has 20 heavy (non-hydrogen) atoms. The van der Waals surface area contributed by atoms with Crippen molar-refractivity contribution in [3.05, 3.63) is 40.7 Å². The fourth-order valence-corrected chi connectivity index (χ4v) is 1.51. The Labute approximate surface area is 113 Å². The molecule has 0 aliphatic carbocycles. The molecule has 0 saturated heterocycles. The summed E-state index contributed by atoms with van der Waals surface area (Å²) in [7, 11) is 0. The van der Waals surface area contributed by atoms with Gasteiger partial charge in [0.2, 0.25) is 5.91 Å². The second kappa shape index (κ2) is 5.39. The minimum atomic E-state index is -0.728. The van der Waals surface area contributed by atoms with E-state index in [1.807, 2.05) is 19.1 Å². The van der Waals surface area contributed by atoms with Gasteiger partial charge in [-0.2, -0.15) is 0 Å². The van der Waals surface area contributed by atoms with E-state index >= 15 is 0 Å². The van der Waals surface area contributed by atoms with E-state index in [1.165, 1.54) is 6.92 Å². The third-order valence-electron chi connectivity index (χ3n) is 2.43. The Kier molecular flexibility index (Phi) is 3.65. The molecule has 2 N–H and O–H groups in total. The number of aryl methyl sites for hydroxylation is 1. The fraction of sp³-hybridized carbons (Fsp3) is 0.167. The van der Waals surface area contributed by atoms with Gasteiger partial charge in [-0.3, -0.25) is 19.5 Å². The lowest BCUT2D eigenvalue weighted by Crippen LogP contribution is -2.34. The lowest BCUT2D eigenvalue weighted by Gasteiger charge is -2.03. The van der Waals surface area contributed by atoms with E-state index in [9.17, 15) is 14.8 Å². The van der Waals surface area contributed by atoms with Gasteiger partial charge in [0.15, 0.2) is 0 Å². The highest BCUT2D eigenvalue weighted by molar-refractivity contribution is 6.06. The lowest BCUT2D eigenvalue weighted by molar-refractivity contribution is -0.803. The molecule has 1 aromatic carbocycles. The van der Waals surface area contributed by atoms with Crippen molar-refractivity contribution in [1.29, 1.82) is 0 Å². The van der Waals surface area contributed by atoms with Crippen molar-refractivity contribution in [1.82, 2.24) is 5.16 Å². The molecule has 0 saturated carbocycles. The average molecular weight is 276 g/mol. The summed E-state index contributed by atoms with van der Waals surface area (Å²) in [6.45, 7) is 3.14. The molecule has 0 bridgehead atoms. The molecule has 0 radical (unpaired) electrons. The predicted octanol–water partition coefficient (Wildman–Crippen LogP) is 0.827. The van der Waals surface area contributed by atoms with Crippen LogP contribution in [0.2, 0.25) is 0 Å². The molecule has 0 aliphatic heterocycles. The van der Waals surface area contributed by atoms with Crippen LogP contribution in [0, 0.1) is 12.1 Å². The highest BCUT2D eigenvalue weighted by Crippen LogP contribution is 2.13. The molecule has 8 heteroatoms. The molecule has 0 unspecified atom stereocenters. The summed E-state index contributed by atoms with van der Waals surface area (Å²) >= 11 is 0. The highest BCUT2D eigenvalue weighted by Gasteiger charge is 2.27. The summed E-state index contributed by atoms with van der Waals surface area (Å²) in [5, 5.41) is 19.5. The molecule has 8 nitrogen and oxygen atoms in total. The molecular weight excluding hydrogens is 264 g/mol.